The van der Waals surface area contributed by atoms with Gasteiger partial charge in [0, 0.05) is 41.9 Å². The lowest BCUT2D eigenvalue weighted by molar-refractivity contribution is -0.142. The van der Waals surface area contributed by atoms with Gasteiger partial charge in [-0.15, -0.1) is 0 Å². The van der Waals surface area contributed by atoms with Crippen molar-refractivity contribution in [3.05, 3.63) is 0 Å². The number of urea groups is 1. The summed E-state index contributed by atoms with van der Waals surface area (Å²) < 4.78 is 11.1. The Bertz CT molecular complexity index is 361. The van der Waals surface area contributed by atoms with Gasteiger partial charge in [-0.25, -0.2) is 4.79 Å². The van der Waals surface area contributed by atoms with E-state index in [0.29, 0.717) is 13.1 Å². The zero-order valence-electron chi connectivity index (χ0n) is 10.9. The number of hydrogen-bond acceptors (Lipinski definition) is 3. The van der Waals surface area contributed by atoms with Crippen LogP contribution in [0.5, 0.6) is 0 Å². The molecule has 1 aliphatic heterocycles. The molecule has 1 aliphatic rings. The van der Waals surface area contributed by atoms with Crippen LogP contribution in [0.1, 0.15) is 13.8 Å². The predicted molar refractivity (Wildman–Crippen MR) is 68.8 cm³/mol. The second-order valence-electron chi connectivity index (χ2n) is 4.82. The van der Waals surface area contributed by atoms with Crippen molar-refractivity contribution in [1.82, 2.24) is 10.2 Å². The summed E-state index contributed by atoms with van der Waals surface area (Å²) in [6.45, 7) is 4.65. The SMILES string of the molecule is CC1CN(C(=O)NCC(C)S(C)=O)CC1C(=O)O. The molecule has 0 aromatic carbocycles. The lowest BCUT2D eigenvalue weighted by atomic mass is 9.99. The monoisotopic (exact) mass is 276 g/mol. The largest absolute Gasteiger partial charge is 0.481 e. The van der Waals surface area contributed by atoms with Gasteiger partial charge in [0.15, 0.2) is 0 Å². The van der Waals surface area contributed by atoms with Gasteiger partial charge in [0.1, 0.15) is 0 Å². The van der Waals surface area contributed by atoms with Crippen LogP contribution in [0.25, 0.3) is 0 Å². The Morgan fingerprint density at radius 3 is 2.56 bits per heavy atom. The molecule has 7 heteroatoms. The quantitative estimate of drug-likeness (QED) is 0.763. The molecular weight excluding hydrogens is 256 g/mol. The van der Waals surface area contributed by atoms with Gasteiger partial charge in [0.25, 0.3) is 0 Å². The predicted octanol–water partition coefficient (Wildman–Crippen LogP) is 0.116. The average Bonchev–Trinajstić information content (AvgIpc) is 2.67. The fourth-order valence-electron chi connectivity index (χ4n) is 1.91. The molecule has 6 nitrogen and oxygen atoms in total. The number of carbonyl (C=O) groups excluding carboxylic acids is 1. The Morgan fingerprint density at radius 2 is 2.11 bits per heavy atom. The van der Waals surface area contributed by atoms with E-state index in [0.717, 1.165) is 0 Å². The number of aliphatic carboxylic acids is 1. The topological polar surface area (TPSA) is 86.7 Å². The van der Waals surface area contributed by atoms with Crippen LogP contribution in [-0.4, -0.2) is 57.4 Å². The van der Waals surface area contributed by atoms with Crippen LogP contribution in [-0.2, 0) is 15.6 Å². The second-order valence-corrected chi connectivity index (χ2v) is 6.62. The number of amides is 2. The first-order chi connectivity index (χ1) is 8.32. The molecule has 0 aliphatic carbocycles. The van der Waals surface area contributed by atoms with Crippen LogP contribution in [0.15, 0.2) is 0 Å². The molecule has 18 heavy (non-hydrogen) atoms. The maximum Gasteiger partial charge on any atom is 0.317 e. The highest BCUT2D eigenvalue weighted by molar-refractivity contribution is 7.84. The summed E-state index contributed by atoms with van der Waals surface area (Å²) in [7, 11) is -0.977. The summed E-state index contributed by atoms with van der Waals surface area (Å²) in [4.78, 5) is 24.3. The van der Waals surface area contributed by atoms with E-state index in [-0.39, 0.29) is 23.7 Å². The molecule has 0 radical (unpaired) electrons. The first-order valence-corrected chi connectivity index (χ1v) is 7.52. The molecule has 1 saturated heterocycles. The molecular formula is C11H20N2O4S. The highest BCUT2D eigenvalue weighted by Gasteiger charge is 2.36. The van der Waals surface area contributed by atoms with Crippen LogP contribution in [0, 0.1) is 11.8 Å². The van der Waals surface area contributed by atoms with Gasteiger partial charge in [0.2, 0.25) is 0 Å². The second kappa shape index (κ2) is 6.17. The standard InChI is InChI=1S/C11H20N2O4S/c1-7-5-13(6-9(7)10(14)15)11(16)12-4-8(2)18(3)17/h7-9H,4-6H2,1-3H3,(H,12,16)(H,14,15). The van der Waals surface area contributed by atoms with Gasteiger partial charge in [-0.2, -0.15) is 0 Å². The average molecular weight is 276 g/mol. The van der Waals surface area contributed by atoms with Gasteiger partial charge in [-0.3, -0.25) is 9.00 Å². The molecule has 4 atom stereocenters. The summed E-state index contributed by atoms with van der Waals surface area (Å²) >= 11 is 0. The van der Waals surface area contributed by atoms with Gasteiger partial charge in [-0.05, 0) is 12.8 Å². The van der Waals surface area contributed by atoms with E-state index in [2.05, 4.69) is 5.32 Å². The van der Waals surface area contributed by atoms with E-state index in [1.165, 1.54) is 4.90 Å². The molecule has 0 spiro atoms. The maximum atomic E-state index is 11.8. The van der Waals surface area contributed by atoms with E-state index in [9.17, 15) is 13.8 Å². The van der Waals surface area contributed by atoms with E-state index >= 15 is 0 Å². The smallest absolute Gasteiger partial charge is 0.317 e. The molecule has 1 fully saturated rings. The van der Waals surface area contributed by atoms with E-state index in [4.69, 9.17) is 5.11 Å². The van der Waals surface area contributed by atoms with Crippen LogP contribution in [0.3, 0.4) is 0 Å². The molecule has 0 bridgehead atoms. The Balaban J connectivity index is 2.45. The molecule has 4 unspecified atom stereocenters. The zero-order chi connectivity index (χ0) is 13.9. The van der Waals surface area contributed by atoms with Gasteiger partial charge in [0.05, 0.1) is 5.92 Å². The molecule has 104 valence electrons. The third kappa shape index (κ3) is 3.69. The first kappa shape index (κ1) is 14.9. The van der Waals surface area contributed by atoms with Crippen LogP contribution >= 0.6 is 0 Å². The minimum Gasteiger partial charge on any atom is -0.481 e. The van der Waals surface area contributed by atoms with Gasteiger partial charge in [-0.1, -0.05) is 6.92 Å². The number of carboxylic acid groups (broad SMARTS) is 1. The Labute approximate surface area is 109 Å². The van der Waals surface area contributed by atoms with E-state index < -0.39 is 22.7 Å². The summed E-state index contributed by atoms with van der Waals surface area (Å²) in [6, 6.07) is -0.275. The van der Waals surface area contributed by atoms with Crippen molar-refractivity contribution in [3.8, 4) is 0 Å². The minimum absolute atomic E-state index is 0.0361. The molecule has 1 heterocycles. The number of hydrogen-bond donors (Lipinski definition) is 2. The van der Waals surface area contributed by atoms with Crippen molar-refractivity contribution in [2.75, 3.05) is 25.9 Å². The number of rotatable bonds is 4. The number of likely N-dealkylation sites (tertiary alicyclic amines) is 1. The van der Waals surface area contributed by atoms with Crippen molar-refractivity contribution in [1.29, 1.82) is 0 Å². The Hall–Kier alpha value is -1.11. The molecule has 0 saturated carbocycles. The summed E-state index contributed by atoms with van der Waals surface area (Å²) in [5.41, 5.74) is 0. The third-order valence-corrected chi connectivity index (χ3v) is 4.62. The normalized spacial score (nSPS) is 26.7. The van der Waals surface area contributed by atoms with Crippen molar-refractivity contribution in [3.63, 3.8) is 0 Å². The molecule has 0 aromatic heterocycles. The zero-order valence-corrected chi connectivity index (χ0v) is 11.7. The molecule has 1 rings (SSSR count). The van der Waals surface area contributed by atoms with Gasteiger partial charge >= 0.3 is 12.0 Å². The summed E-state index contributed by atoms with van der Waals surface area (Å²) in [5.74, 6) is -1.39. The van der Waals surface area contributed by atoms with Crippen molar-refractivity contribution in [2.45, 2.75) is 19.1 Å². The number of nitrogens with zero attached hydrogens (tertiary/aromatic N) is 1. The highest BCUT2D eigenvalue weighted by atomic mass is 32.2. The number of carboxylic acids is 1. The van der Waals surface area contributed by atoms with Crippen LogP contribution in [0.2, 0.25) is 0 Å². The number of nitrogens with one attached hydrogen (secondary N) is 1. The third-order valence-electron chi connectivity index (χ3n) is 3.32. The Kier molecular flexibility index (Phi) is 5.13. The van der Waals surface area contributed by atoms with Crippen LogP contribution in [0.4, 0.5) is 4.79 Å². The summed E-state index contributed by atoms with van der Waals surface area (Å²) in [6.07, 6.45) is 1.59. The summed E-state index contributed by atoms with van der Waals surface area (Å²) in [5, 5.41) is 11.6. The molecule has 0 aromatic rings. The fraction of sp³-hybridized carbons (Fsp3) is 0.818. The highest BCUT2D eigenvalue weighted by Crippen LogP contribution is 2.22. The lowest BCUT2D eigenvalue weighted by Gasteiger charge is -2.18. The first-order valence-electron chi connectivity index (χ1n) is 5.90. The van der Waals surface area contributed by atoms with Crippen molar-refractivity contribution in [2.24, 2.45) is 11.8 Å². The maximum absolute atomic E-state index is 11.8. The van der Waals surface area contributed by atoms with Gasteiger partial charge < -0.3 is 15.3 Å². The Morgan fingerprint density at radius 1 is 1.50 bits per heavy atom. The molecule has 2 N–H and O–H groups in total. The molecule has 2 amide bonds. The fourth-order valence-corrected chi connectivity index (χ4v) is 2.23. The minimum atomic E-state index is -0.977. The van der Waals surface area contributed by atoms with E-state index in [1.54, 1.807) is 13.2 Å². The lowest BCUT2D eigenvalue weighted by Crippen LogP contribution is -2.42. The van der Waals surface area contributed by atoms with Crippen LogP contribution < -0.4 is 5.32 Å². The number of carbonyl (C=O) groups is 2. The van der Waals surface area contributed by atoms with Crippen molar-refractivity contribution >= 4 is 22.8 Å². The van der Waals surface area contributed by atoms with Crippen molar-refractivity contribution < 1.29 is 18.9 Å². The van der Waals surface area contributed by atoms with E-state index in [1.807, 2.05) is 6.92 Å².